The highest BCUT2D eigenvalue weighted by atomic mass is 35.5. The topological polar surface area (TPSA) is 74.7 Å². The van der Waals surface area contributed by atoms with E-state index in [1.165, 1.54) is 25.1 Å². The van der Waals surface area contributed by atoms with Gasteiger partial charge >= 0.3 is 5.97 Å². The lowest BCUT2D eigenvalue weighted by Crippen LogP contribution is -2.43. The average molecular weight is 354 g/mol. The lowest BCUT2D eigenvalue weighted by atomic mass is 10.2. The Labute approximate surface area is 140 Å². The van der Waals surface area contributed by atoms with Gasteiger partial charge < -0.3 is 5.11 Å². The maximum atomic E-state index is 13.0. The molecule has 1 atom stereocenters. The van der Waals surface area contributed by atoms with Crippen molar-refractivity contribution < 1.29 is 18.3 Å². The molecule has 7 heteroatoms. The minimum absolute atomic E-state index is 0.0208. The van der Waals surface area contributed by atoms with E-state index in [9.17, 15) is 18.3 Å². The minimum Gasteiger partial charge on any atom is -0.480 e. The van der Waals surface area contributed by atoms with Crippen LogP contribution in [0.5, 0.6) is 0 Å². The van der Waals surface area contributed by atoms with Gasteiger partial charge in [0.25, 0.3) is 10.0 Å². The first-order valence-corrected chi connectivity index (χ1v) is 8.65. The second kappa shape index (κ2) is 6.60. The van der Waals surface area contributed by atoms with Crippen molar-refractivity contribution in [2.75, 3.05) is 4.31 Å². The molecule has 0 saturated heterocycles. The highest BCUT2D eigenvalue weighted by molar-refractivity contribution is 7.93. The summed E-state index contributed by atoms with van der Waals surface area (Å²) in [6.07, 6.45) is 0. The summed E-state index contributed by atoms with van der Waals surface area (Å²) in [7, 11) is -4.04. The lowest BCUT2D eigenvalue weighted by Gasteiger charge is -2.29. The molecule has 2 aromatic carbocycles. The van der Waals surface area contributed by atoms with Gasteiger partial charge in [-0.2, -0.15) is 0 Å². The number of aryl methyl sites for hydroxylation is 1. The standard InChI is InChI=1S/C16H16ClNO4S/c1-11-8-9-13(17)10-15(11)18(12(2)16(19)20)23(21,22)14-6-4-3-5-7-14/h3-10,12H,1-2H3,(H,19,20). The number of halogens is 1. The average Bonchev–Trinajstić information content (AvgIpc) is 2.51. The van der Waals surface area contributed by atoms with Gasteiger partial charge in [0, 0.05) is 5.02 Å². The van der Waals surface area contributed by atoms with Crippen LogP contribution in [0.1, 0.15) is 12.5 Å². The van der Waals surface area contributed by atoms with E-state index in [2.05, 4.69) is 0 Å². The molecule has 1 N–H and O–H groups in total. The second-order valence-electron chi connectivity index (χ2n) is 5.06. The van der Waals surface area contributed by atoms with Crippen molar-refractivity contribution in [1.82, 2.24) is 0 Å². The number of carbonyl (C=O) groups is 1. The van der Waals surface area contributed by atoms with Crippen molar-refractivity contribution in [2.45, 2.75) is 24.8 Å². The van der Waals surface area contributed by atoms with Crippen LogP contribution in [0.15, 0.2) is 53.4 Å². The number of sulfonamides is 1. The van der Waals surface area contributed by atoms with Crippen molar-refractivity contribution >= 4 is 33.3 Å². The molecule has 0 heterocycles. The third-order valence-electron chi connectivity index (χ3n) is 3.42. The Kier molecular flexibility index (Phi) is 4.97. The molecule has 1 unspecified atom stereocenters. The summed E-state index contributed by atoms with van der Waals surface area (Å²) in [5.74, 6) is -1.25. The Balaban J connectivity index is 2.69. The van der Waals surface area contributed by atoms with E-state index < -0.39 is 22.0 Å². The number of benzene rings is 2. The number of aliphatic carboxylic acids is 1. The number of carboxylic acids is 1. The molecule has 0 spiro atoms. The zero-order valence-electron chi connectivity index (χ0n) is 12.6. The molecular weight excluding hydrogens is 338 g/mol. The first-order chi connectivity index (χ1) is 10.7. The number of hydrogen-bond donors (Lipinski definition) is 1. The third kappa shape index (κ3) is 3.48. The maximum absolute atomic E-state index is 13.0. The summed E-state index contributed by atoms with van der Waals surface area (Å²) < 4.78 is 26.8. The zero-order valence-corrected chi connectivity index (χ0v) is 14.2. The van der Waals surface area contributed by atoms with Crippen LogP contribution >= 0.6 is 11.6 Å². The second-order valence-corrected chi connectivity index (χ2v) is 7.31. The Hall–Kier alpha value is -2.05. The fourth-order valence-electron chi connectivity index (χ4n) is 2.17. The Morgan fingerprint density at radius 3 is 2.35 bits per heavy atom. The van der Waals surface area contributed by atoms with E-state index >= 15 is 0 Å². The first-order valence-electron chi connectivity index (χ1n) is 6.83. The van der Waals surface area contributed by atoms with Crippen LogP contribution in [0.3, 0.4) is 0 Å². The summed E-state index contributed by atoms with van der Waals surface area (Å²) in [6.45, 7) is 3.02. The van der Waals surface area contributed by atoms with Gasteiger partial charge in [-0.25, -0.2) is 13.2 Å². The summed E-state index contributed by atoms with van der Waals surface area (Å²) in [6, 6.07) is 11.2. The van der Waals surface area contributed by atoms with Crippen LogP contribution < -0.4 is 4.31 Å². The maximum Gasteiger partial charge on any atom is 0.327 e. The van der Waals surface area contributed by atoms with Gasteiger partial charge in [0.2, 0.25) is 0 Å². The lowest BCUT2D eigenvalue weighted by molar-refractivity contribution is -0.137. The van der Waals surface area contributed by atoms with Gasteiger partial charge in [0.1, 0.15) is 6.04 Å². The molecule has 0 amide bonds. The molecule has 0 bridgehead atoms. The summed E-state index contributed by atoms with van der Waals surface area (Å²) >= 11 is 5.97. The minimum atomic E-state index is -4.04. The van der Waals surface area contributed by atoms with E-state index in [0.29, 0.717) is 10.6 Å². The summed E-state index contributed by atoms with van der Waals surface area (Å²) in [5.41, 5.74) is 0.859. The van der Waals surface area contributed by atoms with Gasteiger partial charge in [0.05, 0.1) is 10.6 Å². The largest absolute Gasteiger partial charge is 0.480 e. The normalized spacial score (nSPS) is 12.7. The van der Waals surface area contributed by atoms with E-state index in [0.717, 1.165) is 4.31 Å². The van der Waals surface area contributed by atoms with Gasteiger partial charge in [-0.1, -0.05) is 35.9 Å². The molecule has 2 rings (SSSR count). The van der Waals surface area contributed by atoms with Gasteiger partial charge in [-0.05, 0) is 43.7 Å². The quantitative estimate of drug-likeness (QED) is 0.894. The van der Waals surface area contributed by atoms with Crippen LogP contribution in [-0.4, -0.2) is 25.5 Å². The van der Waals surface area contributed by atoms with Gasteiger partial charge in [-0.3, -0.25) is 4.31 Å². The molecule has 0 fully saturated rings. The molecule has 2 aromatic rings. The smallest absolute Gasteiger partial charge is 0.327 e. The molecule has 0 aliphatic carbocycles. The molecule has 23 heavy (non-hydrogen) atoms. The predicted molar refractivity (Wildman–Crippen MR) is 89.4 cm³/mol. The Morgan fingerprint density at radius 2 is 1.78 bits per heavy atom. The van der Waals surface area contributed by atoms with Crippen LogP contribution in [0.4, 0.5) is 5.69 Å². The van der Waals surface area contributed by atoms with E-state index in [4.69, 9.17) is 11.6 Å². The summed E-state index contributed by atoms with van der Waals surface area (Å²) in [4.78, 5) is 11.5. The van der Waals surface area contributed by atoms with Gasteiger partial charge in [-0.15, -0.1) is 0 Å². The molecule has 122 valence electrons. The number of anilines is 1. The molecule has 0 aromatic heterocycles. The van der Waals surface area contributed by atoms with E-state index in [1.54, 1.807) is 37.3 Å². The zero-order chi connectivity index (χ0) is 17.2. The monoisotopic (exact) mass is 353 g/mol. The highest BCUT2D eigenvalue weighted by Crippen LogP contribution is 2.31. The summed E-state index contributed by atoms with van der Waals surface area (Å²) in [5, 5.41) is 9.68. The van der Waals surface area contributed by atoms with Crippen molar-refractivity contribution in [3.05, 3.63) is 59.1 Å². The Bertz CT molecular complexity index is 821. The van der Waals surface area contributed by atoms with Crippen molar-refractivity contribution in [2.24, 2.45) is 0 Å². The van der Waals surface area contributed by atoms with Crippen LogP contribution in [0, 0.1) is 6.92 Å². The SMILES string of the molecule is Cc1ccc(Cl)cc1N(C(C)C(=O)O)S(=O)(=O)c1ccccc1. The highest BCUT2D eigenvalue weighted by Gasteiger charge is 2.34. The number of carboxylic acid groups (broad SMARTS) is 1. The fourth-order valence-corrected chi connectivity index (χ4v) is 4.03. The van der Waals surface area contributed by atoms with Crippen LogP contribution in [-0.2, 0) is 14.8 Å². The van der Waals surface area contributed by atoms with E-state index in [-0.39, 0.29) is 10.6 Å². The van der Waals surface area contributed by atoms with E-state index in [1.807, 2.05) is 0 Å². The molecule has 0 aliphatic heterocycles. The number of nitrogens with zero attached hydrogens (tertiary/aromatic N) is 1. The number of hydrogen-bond acceptors (Lipinski definition) is 3. The van der Waals surface area contributed by atoms with Crippen LogP contribution in [0.25, 0.3) is 0 Å². The number of rotatable bonds is 5. The van der Waals surface area contributed by atoms with Crippen LogP contribution in [0.2, 0.25) is 5.02 Å². The van der Waals surface area contributed by atoms with Crippen molar-refractivity contribution in [1.29, 1.82) is 0 Å². The van der Waals surface area contributed by atoms with Gasteiger partial charge in [0.15, 0.2) is 0 Å². The Morgan fingerprint density at radius 1 is 1.17 bits per heavy atom. The molecular formula is C16H16ClNO4S. The molecule has 5 nitrogen and oxygen atoms in total. The third-order valence-corrected chi connectivity index (χ3v) is 5.55. The van der Waals surface area contributed by atoms with Crippen molar-refractivity contribution in [3.8, 4) is 0 Å². The molecule has 0 saturated carbocycles. The molecule has 0 radical (unpaired) electrons. The first kappa shape index (κ1) is 17.3. The molecule has 0 aliphatic rings. The fraction of sp³-hybridized carbons (Fsp3) is 0.188. The predicted octanol–water partition coefficient (Wildman–Crippen LogP) is 3.32. The van der Waals surface area contributed by atoms with Crippen molar-refractivity contribution in [3.63, 3.8) is 0 Å².